The minimum absolute atomic E-state index is 0.209. The van der Waals surface area contributed by atoms with E-state index in [2.05, 4.69) is 31.1 Å². The number of amides is 1. The Kier molecular flexibility index (Phi) is 5.22. The number of carbonyl (C=O) groups excluding carboxylic acids is 1. The summed E-state index contributed by atoms with van der Waals surface area (Å²) in [4.78, 5) is 22.5. The van der Waals surface area contributed by atoms with Crippen molar-refractivity contribution in [2.45, 2.75) is 13.8 Å². The predicted octanol–water partition coefficient (Wildman–Crippen LogP) is 5.55. The number of hydrogen-bond donors (Lipinski definition) is 0. The first kappa shape index (κ1) is 19.0. The molecule has 7 heteroatoms. The van der Waals surface area contributed by atoms with Crippen LogP contribution in [-0.2, 0) is 4.79 Å². The third-order valence-electron chi connectivity index (χ3n) is 4.42. The molecule has 6 nitrogen and oxygen atoms in total. The number of halogens is 1. The number of anilines is 2. The molecule has 0 aliphatic rings. The summed E-state index contributed by atoms with van der Waals surface area (Å²) in [6.45, 7) is 3.50. The fraction of sp³-hybridized carbons (Fsp3) is 0.0909. The van der Waals surface area contributed by atoms with Crippen molar-refractivity contribution < 1.29 is 9.32 Å². The number of benzene rings is 2. The van der Waals surface area contributed by atoms with E-state index < -0.39 is 0 Å². The lowest BCUT2D eigenvalue weighted by Crippen LogP contribution is -2.23. The Labute approximate surface area is 176 Å². The van der Waals surface area contributed by atoms with Crippen LogP contribution in [-0.4, -0.2) is 21.0 Å². The normalized spacial score (nSPS) is 10.7. The molecule has 0 bridgehead atoms. The fourth-order valence-corrected chi connectivity index (χ4v) is 3.61. The highest BCUT2D eigenvalue weighted by Gasteiger charge is 2.29. The third-order valence-corrected chi connectivity index (χ3v) is 5.09. The highest BCUT2D eigenvalue weighted by molar-refractivity contribution is 9.10. The molecular weight excluding hydrogens is 432 g/mol. The molecule has 0 spiro atoms. The zero-order valence-electron chi connectivity index (χ0n) is 15.8. The molecule has 1 amide bonds. The van der Waals surface area contributed by atoms with Gasteiger partial charge in [-0.3, -0.25) is 4.79 Å². The monoisotopic (exact) mass is 448 g/mol. The van der Waals surface area contributed by atoms with Crippen molar-refractivity contribution in [1.82, 2.24) is 15.1 Å². The molecule has 0 atom stereocenters. The van der Waals surface area contributed by atoms with Crippen LogP contribution < -0.4 is 4.90 Å². The molecule has 0 radical (unpaired) electrons. The number of hydrogen-bond acceptors (Lipinski definition) is 5. The highest BCUT2D eigenvalue weighted by atomic mass is 79.9. The van der Waals surface area contributed by atoms with Crippen LogP contribution in [0, 0.1) is 6.92 Å². The van der Waals surface area contributed by atoms with Gasteiger partial charge in [0.15, 0.2) is 0 Å². The Morgan fingerprint density at radius 2 is 1.93 bits per heavy atom. The Hall–Kier alpha value is -3.32. The lowest BCUT2D eigenvalue weighted by Gasteiger charge is -2.20. The topological polar surface area (TPSA) is 72.1 Å². The molecule has 0 aliphatic heterocycles. The van der Waals surface area contributed by atoms with Crippen LogP contribution in [0.2, 0.25) is 0 Å². The molecule has 0 unspecified atom stereocenters. The van der Waals surface area contributed by atoms with E-state index in [-0.39, 0.29) is 5.91 Å². The Bertz CT molecular complexity index is 1170. The predicted molar refractivity (Wildman–Crippen MR) is 115 cm³/mol. The van der Waals surface area contributed by atoms with Crippen molar-refractivity contribution in [2.75, 3.05) is 4.90 Å². The second kappa shape index (κ2) is 7.97. The first-order chi connectivity index (χ1) is 14.1. The molecule has 2 aromatic heterocycles. The van der Waals surface area contributed by atoms with Gasteiger partial charge in [0.2, 0.25) is 11.8 Å². The summed E-state index contributed by atoms with van der Waals surface area (Å²) in [5.74, 6) is 0.0961. The lowest BCUT2D eigenvalue weighted by molar-refractivity contribution is -0.116. The van der Waals surface area contributed by atoms with E-state index in [1.807, 2.05) is 55.5 Å². The number of carbonyl (C=O) groups is 1. The van der Waals surface area contributed by atoms with Gasteiger partial charge in [0.1, 0.15) is 12.0 Å². The second-order valence-corrected chi connectivity index (χ2v) is 7.34. The van der Waals surface area contributed by atoms with Crippen LogP contribution in [0.4, 0.5) is 11.6 Å². The Morgan fingerprint density at radius 1 is 1.10 bits per heavy atom. The van der Waals surface area contributed by atoms with Gasteiger partial charge in [-0.2, -0.15) is 0 Å². The molecule has 0 fully saturated rings. The number of aryl methyl sites for hydroxylation is 1. The first-order valence-corrected chi connectivity index (χ1v) is 9.74. The molecule has 144 valence electrons. The van der Waals surface area contributed by atoms with Crippen LogP contribution in [0.15, 0.2) is 76.1 Å². The van der Waals surface area contributed by atoms with E-state index in [0.29, 0.717) is 28.5 Å². The smallest absolute Gasteiger partial charge is 0.248 e. The number of para-hydroxylation sites is 1. The molecule has 4 rings (SSSR count). The van der Waals surface area contributed by atoms with E-state index in [4.69, 9.17) is 4.52 Å². The molecule has 0 N–H and O–H groups in total. The average molecular weight is 449 g/mol. The zero-order chi connectivity index (χ0) is 20.4. The largest absolute Gasteiger partial charge is 0.336 e. The molecular formula is C22H17BrN4O2. The van der Waals surface area contributed by atoms with Gasteiger partial charge in [-0.25, -0.2) is 14.9 Å². The summed E-state index contributed by atoms with van der Waals surface area (Å²) in [5.41, 5.74) is 4.48. The van der Waals surface area contributed by atoms with Gasteiger partial charge in [-0.15, -0.1) is 0 Å². The molecule has 0 saturated carbocycles. The number of rotatable bonds is 4. The summed E-state index contributed by atoms with van der Waals surface area (Å²) in [5, 5.41) is 4.32. The van der Waals surface area contributed by atoms with Crippen molar-refractivity contribution >= 4 is 33.4 Å². The van der Waals surface area contributed by atoms with E-state index in [1.54, 1.807) is 12.3 Å². The summed E-state index contributed by atoms with van der Waals surface area (Å²) >= 11 is 3.52. The quantitative estimate of drug-likeness (QED) is 0.408. The summed E-state index contributed by atoms with van der Waals surface area (Å²) < 4.78 is 6.51. The van der Waals surface area contributed by atoms with Crippen molar-refractivity contribution in [3.8, 4) is 22.5 Å². The van der Waals surface area contributed by atoms with Gasteiger partial charge in [0, 0.05) is 23.2 Å². The van der Waals surface area contributed by atoms with Crippen molar-refractivity contribution in [3.63, 3.8) is 0 Å². The second-order valence-electron chi connectivity index (χ2n) is 6.48. The molecule has 2 heterocycles. The van der Waals surface area contributed by atoms with Gasteiger partial charge < -0.3 is 4.52 Å². The summed E-state index contributed by atoms with van der Waals surface area (Å²) in [6.07, 6.45) is 3.11. The molecule has 0 saturated heterocycles. The number of nitrogens with zero attached hydrogens (tertiary/aromatic N) is 4. The first-order valence-electron chi connectivity index (χ1n) is 8.94. The van der Waals surface area contributed by atoms with Crippen LogP contribution in [0.3, 0.4) is 0 Å². The molecule has 4 aromatic rings. The van der Waals surface area contributed by atoms with Crippen LogP contribution >= 0.6 is 15.9 Å². The van der Waals surface area contributed by atoms with Crippen molar-refractivity contribution in [1.29, 1.82) is 0 Å². The third kappa shape index (κ3) is 3.69. The molecule has 29 heavy (non-hydrogen) atoms. The van der Waals surface area contributed by atoms with Gasteiger partial charge in [-0.1, -0.05) is 41.1 Å². The maximum absolute atomic E-state index is 12.7. The number of aromatic nitrogens is 3. The minimum Gasteiger partial charge on any atom is -0.336 e. The van der Waals surface area contributed by atoms with E-state index >= 15 is 0 Å². The van der Waals surface area contributed by atoms with Crippen LogP contribution in [0.5, 0.6) is 0 Å². The molecule has 0 aliphatic carbocycles. The van der Waals surface area contributed by atoms with E-state index in [9.17, 15) is 4.79 Å². The van der Waals surface area contributed by atoms with E-state index in [0.717, 1.165) is 15.6 Å². The average Bonchev–Trinajstić information content (AvgIpc) is 3.15. The summed E-state index contributed by atoms with van der Waals surface area (Å²) in [7, 11) is 0. The van der Waals surface area contributed by atoms with Crippen LogP contribution in [0.1, 0.15) is 12.5 Å². The van der Waals surface area contributed by atoms with Crippen molar-refractivity contribution in [2.24, 2.45) is 0 Å². The fourth-order valence-electron chi connectivity index (χ4n) is 3.15. The standard InChI is InChI=1S/C22H17BrN4O2/c1-14-6-5-7-16(12-14)21-20(18-10-11-24-13-25-18)22(29-26-21)27(15(2)28)19-9-4-3-8-17(19)23/h3-13H,1-2H3. The van der Waals surface area contributed by atoms with Gasteiger partial charge >= 0.3 is 0 Å². The highest BCUT2D eigenvalue weighted by Crippen LogP contribution is 2.42. The maximum atomic E-state index is 12.7. The molecule has 2 aromatic carbocycles. The maximum Gasteiger partial charge on any atom is 0.248 e. The minimum atomic E-state index is -0.209. The Morgan fingerprint density at radius 3 is 2.62 bits per heavy atom. The van der Waals surface area contributed by atoms with Gasteiger partial charge in [0.25, 0.3) is 0 Å². The Balaban J connectivity index is 1.99. The SMILES string of the molecule is CC(=O)N(c1ccccc1Br)c1onc(-c2cccc(C)c2)c1-c1ccncn1. The lowest BCUT2D eigenvalue weighted by atomic mass is 10.0. The summed E-state index contributed by atoms with van der Waals surface area (Å²) in [6, 6.07) is 17.2. The van der Waals surface area contributed by atoms with Gasteiger partial charge in [-0.05, 0) is 47.1 Å². The van der Waals surface area contributed by atoms with Crippen LogP contribution in [0.25, 0.3) is 22.5 Å². The van der Waals surface area contributed by atoms with Crippen molar-refractivity contribution in [3.05, 3.63) is 77.2 Å². The van der Waals surface area contributed by atoms with E-state index in [1.165, 1.54) is 18.2 Å². The van der Waals surface area contributed by atoms with Gasteiger partial charge in [0.05, 0.1) is 16.9 Å². The zero-order valence-corrected chi connectivity index (χ0v) is 17.4.